The van der Waals surface area contributed by atoms with E-state index >= 15 is 0 Å². The van der Waals surface area contributed by atoms with Gasteiger partial charge in [0.2, 0.25) is 0 Å². The van der Waals surface area contributed by atoms with E-state index in [1.54, 1.807) is 5.32 Å². The molecular weight excluding hydrogens is 400 g/mol. The SMILES string of the molecule is O=C(Nc1ccc([C@H]2CC[C@H](N3CCC4(CCCO4)CC3)CC2)c(F)c1)C(F)(F)F. The zero-order valence-electron chi connectivity index (χ0n) is 16.9. The summed E-state index contributed by atoms with van der Waals surface area (Å²) in [4.78, 5) is 13.6. The maximum Gasteiger partial charge on any atom is 0.471 e. The number of anilines is 1. The molecule has 0 atom stereocenters. The molecule has 3 fully saturated rings. The van der Waals surface area contributed by atoms with E-state index in [-0.39, 0.29) is 17.2 Å². The first-order valence-corrected chi connectivity index (χ1v) is 10.8. The second-order valence-corrected chi connectivity index (χ2v) is 8.86. The summed E-state index contributed by atoms with van der Waals surface area (Å²) in [7, 11) is 0. The molecule has 8 heteroatoms. The van der Waals surface area contributed by atoms with Crippen molar-refractivity contribution in [2.75, 3.05) is 25.0 Å². The van der Waals surface area contributed by atoms with Crippen LogP contribution in [0.2, 0.25) is 0 Å². The van der Waals surface area contributed by atoms with E-state index in [0.29, 0.717) is 11.6 Å². The van der Waals surface area contributed by atoms with Gasteiger partial charge in [-0.25, -0.2) is 4.39 Å². The summed E-state index contributed by atoms with van der Waals surface area (Å²) in [6.45, 7) is 2.99. The van der Waals surface area contributed by atoms with E-state index in [4.69, 9.17) is 4.74 Å². The molecule has 0 unspecified atom stereocenters. The molecule has 0 aromatic heterocycles. The van der Waals surface area contributed by atoms with Crippen molar-refractivity contribution in [3.8, 4) is 0 Å². The number of benzene rings is 1. The van der Waals surface area contributed by atoms with Gasteiger partial charge in [-0.3, -0.25) is 4.79 Å². The van der Waals surface area contributed by atoms with E-state index in [1.807, 2.05) is 0 Å². The zero-order valence-corrected chi connectivity index (χ0v) is 16.9. The maximum absolute atomic E-state index is 14.5. The third-order valence-corrected chi connectivity index (χ3v) is 7.06. The summed E-state index contributed by atoms with van der Waals surface area (Å²) in [5.74, 6) is -2.60. The van der Waals surface area contributed by atoms with E-state index < -0.39 is 17.9 Å². The molecule has 0 bridgehead atoms. The van der Waals surface area contributed by atoms with Crippen LogP contribution in [0.3, 0.4) is 0 Å². The highest BCUT2D eigenvalue weighted by molar-refractivity contribution is 5.94. The molecule has 30 heavy (non-hydrogen) atoms. The van der Waals surface area contributed by atoms with E-state index in [2.05, 4.69) is 4.90 Å². The Morgan fingerprint density at radius 2 is 1.80 bits per heavy atom. The Morgan fingerprint density at radius 3 is 2.37 bits per heavy atom. The van der Waals surface area contributed by atoms with E-state index in [1.165, 1.54) is 18.6 Å². The van der Waals surface area contributed by atoms with Crippen LogP contribution in [-0.2, 0) is 9.53 Å². The van der Waals surface area contributed by atoms with Gasteiger partial charge in [-0.2, -0.15) is 13.2 Å². The van der Waals surface area contributed by atoms with Crippen LogP contribution >= 0.6 is 0 Å². The van der Waals surface area contributed by atoms with Gasteiger partial charge in [-0.15, -0.1) is 0 Å². The number of nitrogens with one attached hydrogen (secondary N) is 1. The van der Waals surface area contributed by atoms with Crippen LogP contribution in [0.15, 0.2) is 18.2 Å². The Morgan fingerprint density at radius 1 is 1.10 bits per heavy atom. The van der Waals surface area contributed by atoms with Crippen molar-refractivity contribution >= 4 is 11.6 Å². The largest absolute Gasteiger partial charge is 0.471 e. The average Bonchev–Trinajstić information content (AvgIpc) is 3.16. The van der Waals surface area contributed by atoms with Crippen LogP contribution in [0.4, 0.5) is 23.2 Å². The van der Waals surface area contributed by atoms with Crippen molar-refractivity contribution in [3.63, 3.8) is 0 Å². The van der Waals surface area contributed by atoms with Crippen molar-refractivity contribution in [3.05, 3.63) is 29.6 Å². The summed E-state index contributed by atoms with van der Waals surface area (Å²) in [5.41, 5.74) is 0.458. The number of ether oxygens (including phenoxy) is 1. The average molecular weight is 428 g/mol. The highest BCUT2D eigenvalue weighted by Crippen LogP contribution is 2.40. The molecule has 1 amide bonds. The van der Waals surface area contributed by atoms with Gasteiger partial charge in [0.15, 0.2) is 0 Å². The minimum atomic E-state index is -4.99. The lowest BCUT2D eigenvalue weighted by atomic mass is 9.79. The quantitative estimate of drug-likeness (QED) is 0.689. The summed E-state index contributed by atoms with van der Waals surface area (Å²) in [6.07, 6.45) is 3.21. The molecule has 166 valence electrons. The molecule has 2 saturated heterocycles. The van der Waals surface area contributed by atoms with E-state index in [0.717, 1.165) is 70.7 Å². The number of halogens is 4. The number of alkyl halides is 3. The van der Waals surface area contributed by atoms with Gasteiger partial charge in [-0.1, -0.05) is 6.07 Å². The molecule has 1 aliphatic carbocycles. The summed E-state index contributed by atoms with van der Waals surface area (Å²) in [5, 5.41) is 1.70. The molecule has 1 saturated carbocycles. The summed E-state index contributed by atoms with van der Waals surface area (Å²) >= 11 is 0. The standard InChI is InChI=1S/C22H28F4N2O2/c23-19-14-16(27-20(29)22(24,25)26)4-7-18(19)15-2-5-17(6-3-15)28-11-9-21(10-12-28)8-1-13-30-21/h4,7,14-15,17H,1-3,5-6,8-13H2,(H,27,29)/t15-,17-. The fourth-order valence-corrected chi connectivity index (χ4v) is 5.34. The van der Waals surface area contributed by atoms with Crippen molar-refractivity contribution < 1.29 is 27.1 Å². The molecule has 1 aromatic rings. The van der Waals surface area contributed by atoms with Gasteiger partial charge in [0, 0.05) is 31.4 Å². The highest BCUT2D eigenvalue weighted by atomic mass is 19.4. The molecule has 4 nitrogen and oxygen atoms in total. The Kier molecular flexibility index (Phi) is 6.08. The number of carbonyl (C=O) groups excluding carboxylic acids is 1. The number of likely N-dealkylation sites (tertiary alicyclic amines) is 1. The van der Waals surface area contributed by atoms with Crippen molar-refractivity contribution in [1.29, 1.82) is 0 Å². The number of hydrogen-bond acceptors (Lipinski definition) is 3. The van der Waals surface area contributed by atoms with Crippen LogP contribution in [0.5, 0.6) is 0 Å². The van der Waals surface area contributed by atoms with Gasteiger partial charge in [0.25, 0.3) is 0 Å². The number of rotatable bonds is 3. The Bertz CT molecular complexity index is 759. The van der Waals surface area contributed by atoms with Gasteiger partial charge < -0.3 is 15.0 Å². The lowest BCUT2D eigenvalue weighted by Gasteiger charge is -2.44. The first-order chi connectivity index (χ1) is 14.3. The number of piperidine rings is 1. The molecule has 1 aromatic carbocycles. The van der Waals surface area contributed by atoms with Crippen LogP contribution in [-0.4, -0.2) is 48.3 Å². The number of carbonyl (C=O) groups is 1. The summed E-state index contributed by atoms with van der Waals surface area (Å²) < 4.78 is 57.6. The molecule has 2 aliphatic heterocycles. The second-order valence-electron chi connectivity index (χ2n) is 8.86. The molecule has 3 aliphatic rings. The first-order valence-electron chi connectivity index (χ1n) is 10.8. The lowest BCUT2D eigenvalue weighted by Crippen LogP contribution is -2.48. The molecular formula is C22H28F4N2O2. The Labute approximate surface area is 173 Å². The fourth-order valence-electron chi connectivity index (χ4n) is 5.34. The molecule has 1 N–H and O–H groups in total. The molecule has 0 radical (unpaired) electrons. The van der Waals surface area contributed by atoms with Crippen molar-refractivity contribution in [2.45, 2.75) is 75.1 Å². The highest BCUT2D eigenvalue weighted by Gasteiger charge is 2.41. The maximum atomic E-state index is 14.5. The smallest absolute Gasteiger partial charge is 0.375 e. The normalized spacial score (nSPS) is 27.3. The Hall–Kier alpha value is -1.67. The second kappa shape index (κ2) is 8.46. The van der Waals surface area contributed by atoms with Crippen molar-refractivity contribution in [1.82, 2.24) is 4.90 Å². The van der Waals surface area contributed by atoms with Crippen molar-refractivity contribution in [2.24, 2.45) is 0 Å². The predicted octanol–water partition coefficient (Wildman–Crippen LogP) is 5.00. The third-order valence-electron chi connectivity index (χ3n) is 7.06. The number of nitrogens with zero attached hydrogens (tertiary/aromatic N) is 1. The predicted molar refractivity (Wildman–Crippen MR) is 105 cm³/mol. The molecule has 4 rings (SSSR count). The topological polar surface area (TPSA) is 41.6 Å². The van der Waals surface area contributed by atoms with Gasteiger partial charge in [-0.05, 0) is 75.0 Å². The Balaban J connectivity index is 1.30. The molecule has 2 heterocycles. The van der Waals surface area contributed by atoms with Gasteiger partial charge in [0.1, 0.15) is 5.82 Å². The monoisotopic (exact) mass is 428 g/mol. The van der Waals surface area contributed by atoms with Crippen LogP contribution in [0.25, 0.3) is 0 Å². The lowest BCUT2D eigenvalue weighted by molar-refractivity contribution is -0.167. The minimum Gasteiger partial charge on any atom is -0.375 e. The fraction of sp³-hybridized carbons (Fsp3) is 0.682. The molecule has 1 spiro atoms. The van der Waals surface area contributed by atoms with Crippen LogP contribution in [0.1, 0.15) is 62.8 Å². The number of amides is 1. The van der Waals surface area contributed by atoms with Gasteiger partial charge in [0.05, 0.1) is 5.60 Å². The summed E-state index contributed by atoms with van der Waals surface area (Å²) in [6, 6.07) is 4.35. The van der Waals surface area contributed by atoms with Crippen LogP contribution in [0, 0.1) is 5.82 Å². The third kappa shape index (κ3) is 4.64. The van der Waals surface area contributed by atoms with E-state index in [9.17, 15) is 22.4 Å². The van der Waals surface area contributed by atoms with Gasteiger partial charge >= 0.3 is 12.1 Å². The number of hydrogen-bond donors (Lipinski definition) is 1. The first kappa shape index (κ1) is 21.6. The zero-order chi connectivity index (χ0) is 21.4. The van der Waals surface area contributed by atoms with Crippen LogP contribution < -0.4 is 5.32 Å². The minimum absolute atomic E-state index is 0.0583.